The van der Waals surface area contributed by atoms with Crippen LogP contribution in [0, 0.1) is 5.92 Å². The number of nitrogens with zero attached hydrogens (tertiary/aromatic N) is 1. The molecule has 0 unspecified atom stereocenters. The lowest BCUT2D eigenvalue weighted by molar-refractivity contribution is 0.0950. The molecule has 0 spiro atoms. The SMILES string of the molecule is O=C(Nc1ccc(N2CCC(Cc3ccccc3)CC2)c(C(=O)NC2CC2)c1)c1cccc(Br)c1. The second kappa shape index (κ2) is 10.6. The van der Waals surface area contributed by atoms with Crippen molar-refractivity contribution in [3.05, 3.63) is 94.0 Å². The minimum atomic E-state index is -0.200. The zero-order valence-electron chi connectivity index (χ0n) is 19.7. The number of halogens is 1. The van der Waals surface area contributed by atoms with Gasteiger partial charge in [0.25, 0.3) is 11.8 Å². The molecule has 2 N–H and O–H groups in total. The van der Waals surface area contributed by atoms with Gasteiger partial charge in [0.15, 0.2) is 0 Å². The Labute approximate surface area is 215 Å². The molecular formula is C29H30BrN3O2. The van der Waals surface area contributed by atoms with Crippen molar-refractivity contribution in [1.82, 2.24) is 5.32 Å². The maximum Gasteiger partial charge on any atom is 0.255 e. The van der Waals surface area contributed by atoms with Gasteiger partial charge in [-0.05, 0) is 80.0 Å². The topological polar surface area (TPSA) is 61.4 Å². The Bertz CT molecular complexity index is 1200. The van der Waals surface area contributed by atoms with E-state index in [0.29, 0.717) is 22.7 Å². The zero-order chi connectivity index (χ0) is 24.2. The molecule has 1 aliphatic carbocycles. The van der Waals surface area contributed by atoms with Gasteiger partial charge < -0.3 is 15.5 Å². The Morgan fingerprint density at radius 3 is 2.34 bits per heavy atom. The van der Waals surface area contributed by atoms with E-state index in [0.717, 1.165) is 55.4 Å². The second-order valence-corrected chi connectivity index (χ2v) is 10.5. The van der Waals surface area contributed by atoms with Crippen LogP contribution in [0.15, 0.2) is 77.3 Å². The van der Waals surface area contributed by atoms with Gasteiger partial charge in [0.05, 0.1) is 5.56 Å². The van der Waals surface area contributed by atoms with Crippen LogP contribution >= 0.6 is 15.9 Å². The number of benzene rings is 3. The summed E-state index contributed by atoms with van der Waals surface area (Å²) in [6, 6.07) is 23.9. The minimum Gasteiger partial charge on any atom is -0.371 e. The highest BCUT2D eigenvalue weighted by Crippen LogP contribution is 2.31. The fourth-order valence-electron chi connectivity index (χ4n) is 4.72. The molecule has 1 aliphatic heterocycles. The number of rotatable bonds is 7. The molecule has 1 saturated carbocycles. The van der Waals surface area contributed by atoms with Gasteiger partial charge in [-0.3, -0.25) is 9.59 Å². The van der Waals surface area contributed by atoms with E-state index in [1.807, 2.05) is 30.3 Å². The van der Waals surface area contributed by atoms with Gasteiger partial charge in [0.1, 0.15) is 0 Å². The van der Waals surface area contributed by atoms with Crippen LogP contribution in [0.25, 0.3) is 0 Å². The van der Waals surface area contributed by atoms with Crippen molar-refractivity contribution in [3.8, 4) is 0 Å². The summed E-state index contributed by atoms with van der Waals surface area (Å²) in [6.45, 7) is 1.84. The summed E-state index contributed by atoms with van der Waals surface area (Å²) in [6.07, 6.45) is 5.36. The molecule has 0 bridgehead atoms. The lowest BCUT2D eigenvalue weighted by Crippen LogP contribution is -2.36. The summed E-state index contributed by atoms with van der Waals surface area (Å²) in [5.74, 6) is 0.392. The third-order valence-electron chi connectivity index (χ3n) is 6.82. The van der Waals surface area contributed by atoms with Gasteiger partial charge in [-0.25, -0.2) is 0 Å². The third kappa shape index (κ3) is 6.12. The average Bonchev–Trinajstić information content (AvgIpc) is 3.69. The number of hydrogen-bond acceptors (Lipinski definition) is 3. The van der Waals surface area contributed by atoms with Crippen LogP contribution in [0.4, 0.5) is 11.4 Å². The molecule has 3 aromatic rings. The second-order valence-electron chi connectivity index (χ2n) is 9.56. The molecule has 5 rings (SSSR count). The number of carbonyl (C=O) groups excluding carboxylic acids is 2. The average molecular weight is 532 g/mol. The summed E-state index contributed by atoms with van der Waals surface area (Å²) < 4.78 is 0.848. The lowest BCUT2D eigenvalue weighted by atomic mass is 9.89. The minimum absolute atomic E-state index is 0.0625. The van der Waals surface area contributed by atoms with Crippen molar-refractivity contribution in [2.75, 3.05) is 23.3 Å². The van der Waals surface area contributed by atoms with Crippen LogP contribution in [0.3, 0.4) is 0 Å². The Morgan fingerprint density at radius 1 is 0.857 bits per heavy atom. The predicted molar refractivity (Wildman–Crippen MR) is 144 cm³/mol. The van der Waals surface area contributed by atoms with Gasteiger partial charge in [0.2, 0.25) is 0 Å². The molecule has 1 heterocycles. The largest absolute Gasteiger partial charge is 0.371 e. The molecule has 2 amide bonds. The predicted octanol–water partition coefficient (Wildman–Crippen LogP) is 6.05. The van der Waals surface area contributed by atoms with Crippen molar-refractivity contribution in [1.29, 1.82) is 0 Å². The van der Waals surface area contributed by atoms with Crippen LogP contribution in [-0.4, -0.2) is 30.9 Å². The quantitative estimate of drug-likeness (QED) is 0.389. The molecule has 5 nitrogen and oxygen atoms in total. The Hall–Kier alpha value is -3.12. The van der Waals surface area contributed by atoms with Crippen molar-refractivity contribution in [2.45, 2.75) is 38.1 Å². The Kier molecular flexibility index (Phi) is 7.19. The summed E-state index contributed by atoms with van der Waals surface area (Å²) in [5.41, 5.74) is 4.15. The van der Waals surface area contributed by atoms with E-state index < -0.39 is 0 Å². The van der Waals surface area contributed by atoms with E-state index >= 15 is 0 Å². The first-order chi connectivity index (χ1) is 17.0. The smallest absolute Gasteiger partial charge is 0.255 e. The highest BCUT2D eigenvalue weighted by molar-refractivity contribution is 9.10. The molecule has 2 aliphatic rings. The molecule has 35 heavy (non-hydrogen) atoms. The van der Waals surface area contributed by atoms with Crippen LogP contribution in [0.1, 0.15) is 52.0 Å². The maximum absolute atomic E-state index is 13.2. The first-order valence-electron chi connectivity index (χ1n) is 12.4. The summed E-state index contributed by atoms with van der Waals surface area (Å²) in [4.78, 5) is 28.2. The van der Waals surface area contributed by atoms with Gasteiger partial charge in [-0.2, -0.15) is 0 Å². The molecule has 0 radical (unpaired) electrons. The highest BCUT2D eigenvalue weighted by atomic mass is 79.9. The maximum atomic E-state index is 13.2. The number of piperidine rings is 1. The monoisotopic (exact) mass is 531 g/mol. The highest BCUT2D eigenvalue weighted by Gasteiger charge is 2.28. The van der Waals surface area contributed by atoms with Crippen molar-refractivity contribution in [2.24, 2.45) is 5.92 Å². The standard InChI is InChI=1S/C29H30BrN3O2/c30-23-8-4-7-22(18-23)28(34)32-25-11-12-27(26(19-25)29(35)31-24-9-10-24)33-15-13-21(14-16-33)17-20-5-2-1-3-6-20/h1-8,11-12,18-19,21,24H,9-10,13-17H2,(H,31,35)(H,32,34). The summed E-state index contributed by atoms with van der Waals surface area (Å²) in [5, 5.41) is 6.08. The number of hydrogen-bond donors (Lipinski definition) is 2. The molecule has 2 fully saturated rings. The first-order valence-corrected chi connectivity index (χ1v) is 13.1. The zero-order valence-corrected chi connectivity index (χ0v) is 21.3. The van der Waals surface area contributed by atoms with Crippen molar-refractivity contribution in [3.63, 3.8) is 0 Å². The third-order valence-corrected chi connectivity index (χ3v) is 7.31. The number of nitrogens with one attached hydrogen (secondary N) is 2. The van der Waals surface area contributed by atoms with Crippen molar-refractivity contribution >= 4 is 39.1 Å². The van der Waals surface area contributed by atoms with E-state index in [1.54, 1.807) is 12.1 Å². The fourth-order valence-corrected chi connectivity index (χ4v) is 5.12. The number of carbonyl (C=O) groups is 2. The van der Waals surface area contributed by atoms with E-state index in [4.69, 9.17) is 0 Å². The molecule has 3 aromatic carbocycles. The van der Waals surface area contributed by atoms with Crippen molar-refractivity contribution < 1.29 is 9.59 Å². The van der Waals surface area contributed by atoms with Crippen LogP contribution in [-0.2, 0) is 6.42 Å². The number of amides is 2. The molecule has 0 atom stereocenters. The number of anilines is 2. The van der Waals surface area contributed by atoms with E-state index in [2.05, 4.69) is 61.8 Å². The first kappa shape index (κ1) is 23.6. The normalized spacial score (nSPS) is 16.1. The fraction of sp³-hybridized carbons (Fsp3) is 0.310. The molecule has 6 heteroatoms. The molecular weight excluding hydrogens is 502 g/mol. The molecule has 1 saturated heterocycles. The van der Waals surface area contributed by atoms with Crippen LogP contribution in [0.5, 0.6) is 0 Å². The van der Waals surface area contributed by atoms with Gasteiger partial charge >= 0.3 is 0 Å². The van der Waals surface area contributed by atoms with Gasteiger partial charge in [0, 0.05) is 40.5 Å². The Morgan fingerprint density at radius 2 is 1.63 bits per heavy atom. The Balaban J connectivity index is 1.31. The van der Waals surface area contributed by atoms with Gasteiger partial charge in [-0.1, -0.05) is 52.3 Å². The van der Waals surface area contributed by atoms with Crippen LogP contribution < -0.4 is 15.5 Å². The summed E-state index contributed by atoms with van der Waals surface area (Å²) in [7, 11) is 0. The van der Waals surface area contributed by atoms with E-state index in [-0.39, 0.29) is 17.9 Å². The van der Waals surface area contributed by atoms with E-state index in [9.17, 15) is 9.59 Å². The molecule has 180 valence electrons. The van der Waals surface area contributed by atoms with E-state index in [1.165, 1.54) is 5.56 Å². The lowest BCUT2D eigenvalue weighted by Gasteiger charge is -2.35. The molecule has 0 aromatic heterocycles. The van der Waals surface area contributed by atoms with Crippen LogP contribution in [0.2, 0.25) is 0 Å². The summed E-state index contributed by atoms with van der Waals surface area (Å²) >= 11 is 3.41. The van der Waals surface area contributed by atoms with Gasteiger partial charge in [-0.15, -0.1) is 0 Å².